The Balaban J connectivity index is 1.78. The molecule has 6 nitrogen and oxygen atoms in total. The molecule has 4 rings (SSSR count). The third-order valence-corrected chi connectivity index (χ3v) is 5.34. The molecule has 170 valence electrons. The van der Waals surface area contributed by atoms with Gasteiger partial charge in [-0.15, -0.1) is 0 Å². The smallest absolute Gasteiger partial charge is 0.289 e. The highest BCUT2D eigenvalue weighted by Crippen LogP contribution is 2.32. The maximum atomic E-state index is 13.2. The number of para-hydroxylation sites is 1. The molecule has 4 aromatic rings. The lowest BCUT2D eigenvalue weighted by molar-refractivity contribution is 0.0689. The summed E-state index contributed by atoms with van der Waals surface area (Å²) in [5, 5.41) is 5.34. The van der Waals surface area contributed by atoms with E-state index in [0.717, 1.165) is 16.9 Å². The van der Waals surface area contributed by atoms with Crippen molar-refractivity contribution in [2.45, 2.75) is 27.3 Å². The molecule has 1 amide bonds. The number of benzene rings is 2. The minimum Gasteiger partial charge on any atom is -0.459 e. The van der Waals surface area contributed by atoms with Gasteiger partial charge in [0.2, 0.25) is 5.88 Å². The van der Waals surface area contributed by atoms with Crippen LogP contribution in [0.5, 0.6) is 11.6 Å². The molecular weight excluding hydrogens is 438 g/mol. The molecule has 0 aliphatic rings. The summed E-state index contributed by atoms with van der Waals surface area (Å²) in [5.74, 6) is 1.62. The summed E-state index contributed by atoms with van der Waals surface area (Å²) in [7, 11) is 0. The van der Waals surface area contributed by atoms with Crippen LogP contribution in [-0.2, 0) is 6.54 Å². The second kappa shape index (κ2) is 9.96. The minimum atomic E-state index is -0.172. The number of amides is 1. The fourth-order valence-electron chi connectivity index (χ4n) is 3.62. The van der Waals surface area contributed by atoms with Crippen LogP contribution in [0.3, 0.4) is 0 Å². The van der Waals surface area contributed by atoms with E-state index in [1.165, 1.54) is 6.26 Å². The van der Waals surface area contributed by atoms with E-state index in [2.05, 4.69) is 13.8 Å². The Morgan fingerprint density at radius 1 is 1.12 bits per heavy atom. The van der Waals surface area contributed by atoms with Crippen LogP contribution in [0.25, 0.3) is 5.69 Å². The molecule has 0 saturated heterocycles. The number of nitrogens with zero attached hydrogens (tertiary/aromatic N) is 3. The highest BCUT2D eigenvalue weighted by molar-refractivity contribution is 6.30. The first-order valence-corrected chi connectivity index (χ1v) is 11.2. The maximum Gasteiger partial charge on any atom is 0.289 e. The summed E-state index contributed by atoms with van der Waals surface area (Å²) in [6.45, 7) is 6.95. The molecule has 0 unspecified atom stereocenters. The zero-order valence-electron chi connectivity index (χ0n) is 18.9. The lowest BCUT2D eigenvalue weighted by Crippen LogP contribution is -2.33. The molecule has 0 spiro atoms. The molecule has 7 heteroatoms. The van der Waals surface area contributed by atoms with Crippen molar-refractivity contribution in [1.82, 2.24) is 14.7 Å². The van der Waals surface area contributed by atoms with Crippen LogP contribution >= 0.6 is 11.6 Å². The number of furan rings is 1. The third-order valence-electron chi connectivity index (χ3n) is 5.10. The molecule has 2 heterocycles. The summed E-state index contributed by atoms with van der Waals surface area (Å²) < 4.78 is 13.4. The lowest BCUT2D eigenvalue weighted by atomic mass is 10.1. The van der Waals surface area contributed by atoms with Crippen LogP contribution < -0.4 is 4.74 Å². The highest BCUT2D eigenvalue weighted by Gasteiger charge is 2.26. The van der Waals surface area contributed by atoms with Crippen molar-refractivity contribution in [3.63, 3.8) is 0 Å². The second-order valence-electron chi connectivity index (χ2n) is 8.23. The van der Waals surface area contributed by atoms with Crippen LogP contribution in [0.15, 0.2) is 77.4 Å². The number of carbonyl (C=O) groups excluding carboxylic acids is 1. The van der Waals surface area contributed by atoms with Gasteiger partial charge < -0.3 is 14.1 Å². The van der Waals surface area contributed by atoms with Gasteiger partial charge in [-0.2, -0.15) is 5.10 Å². The SMILES string of the molecule is Cc1nn(-c2cccc(Cl)c2)c(Oc2ccccc2)c1CN(CC(C)C)C(=O)c1ccco1. The number of ether oxygens (including phenoxy) is 1. The number of aromatic nitrogens is 2. The average molecular weight is 464 g/mol. The standard InChI is InChI=1S/C26H26ClN3O3/c1-18(2)16-29(25(31)24-13-8-14-32-24)17-23-19(3)28-30(21-10-7-9-20(27)15-21)26(23)33-22-11-5-4-6-12-22/h4-15,18H,16-17H2,1-3H3. The van der Waals surface area contributed by atoms with E-state index in [4.69, 9.17) is 25.9 Å². The molecule has 0 aliphatic carbocycles. The average Bonchev–Trinajstić information content (AvgIpc) is 3.43. The molecule has 2 aromatic carbocycles. The van der Waals surface area contributed by atoms with Gasteiger partial charge >= 0.3 is 0 Å². The van der Waals surface area contributed by atoms with Crippen molar-refractivity contribution in [2.24, 2.45) is 5.92 Å². The van der Waals surface area contributed by atoms with Gasteiger partial charge in [-0.3, -0.25) is 4.79 Å². The van der Waals surface area contributed by atoms with E-state index in [1.807, 2.05) is 61.5 Å². The molecule has 0 N–H and O–H groups in total. The van der Waals surface area contributed by atoms with Gasteiger partial charge in [0.05, 0.1) is 29.8 Å². The first kappa shape index (κ1) is 22.7. The Kier molecular flexibility index (Phi) is 6.84. The molecule has 0 fully saturated rings. The van der Waals surface area contributed by atoms with E-state index in [1.54, 1.807) is 21.7 Å². The van der Waals surface area contributed by atoms with Gasteiger partial charge in [0.1, 0.15) is 5.75 Å². The van der Waals surface area contributed by atoms with E-state index in [0.29, 0.717) is 35.5 Å². The fourth-order valence-corrected chi connectivity index (χ4v) is 3.80. The summed E-state index contributed by atoms with van der Waals surface area (Å²) in [6, 6.07) is 20.3. The molecule has 2 aromatic heterocycles. The van der Waals surface area contributed by atoms with Crippen LogP contribution in [0.4, 0.5) is 0 Å². The van der Waals surface area contributed by atoms with Crippen molar-refractivity contribution in [2.75, 3.05) is 6.54 Å². The number of hydrogen-bond donors (Lipinski definition) is 0. The molecule has 0 bridgehead atoms. The van der Waals surface area contributed by atoms with Gasteiger partial charge in [-0.05, 0) is 55.3 Å². The van der Waals surface area contributed by atoms with Crippen molar-refractivity contribution < 1.29 is 13.9 Å². The molecule has 0 radical (unpaired) electrons. The molecule has 0 atom stereocenters. The topological polar surface area (TPSA) is 60.5 Å². The maximum absolute atomic E-state index is 13.2. The van der Waals surface area contributed by atoms with Crippen LogP contribution in [-0.4, -0.2) is 27.1 Å². The lowest BCUT2D eigenvalue weighted by Gasteiger charge is -2.24. The number of aryl methyl sites for hydroxylation is 1. The normalized spacial score (nSPS) is 11.1. The number of halogens is 1. The third kappa shape index (κ3) is 5.29. The highest BCUT2D eigenvalue weighted by atomic mass is 35.5. The fraction of sp³-hybridized carbons (Fsp3) is 0.231. The van der Waals surface area contributed by atoms with Gasteiger partial charge in [-0.25, -0.2) is 4.68 Å². The van der Waals surface area contributed by atoms with Gasteiger partial charge in [0.25, 0.3) is 5.91 Å². The van der Waals surface area contributed by atoms with Gasteiger partial charge in [0.15, 0.2) is 5.76 Å². The quantitative estimate of drug-likeness (QED) is 0.298. The Morgan fingerprint density at radius 2 is 1.91 bits per heavy atom. The van der Waals surface area contributed by atoms with E-state index < -0.39 is 0 Å². The monoisotopic (exact) mass is 463 g/mol. The number of hydrogen-bond acceptors (Lipinski definition) is 4. The van der Waals surface area contributed by atoms with Crippen molar-refractivity contribution in [1.29, 1.82) is 0 Å². The number of carbonyl (C=O) groups is 1. The molecular formula is C26H26ClN3O3. The van der Waals surface area contributed by atoms with Gasteiger partial charge in [0, 0.05) is 11.6 Å². The summed E-state index contributed by atoms with van der Waals surface area (Å²) in [6.07, 6.45) is 1.51. The van der Waals surface area contributed by atoms with E-state index >= 15 is 0 Å². The number of rotatable bonds is 8. The van der Waals surface area contributed by atoms with Crippen molar-refractivity contribution in [3.05, 3.63) is 95.0 Å². The Hall–Kier alpha value is -3.51. The van der Waals surface area contributed by atoms with Gasteiger partial charge in [-0.1, -0.05) is 49.7 Å². The van der Waals surface area contributed by atoms with E-state index in [9.17, 15) is 4.79 Å². The Labute approximate surface area is 198 Å². The predicted molar refractivity (Wildman–Crippen MR) is 128 cm³/mol. The first-order chi connectivity index (χ1) is 15.9. The largest absolute Gasteiger partial charge is 0.459 e. The second-order valence-corrected chi connectivity index (χ2v) is 8.67. The molecule has 0 saturated carbocycles. The van der Waals surface area contributed by atoms with Crippen LogP contribution in [0, 0.1) is 12.8 Å². The summed E-state index contributed by atoms with van der Waals surface area (Å²) in [5.41, 5.74) is 2.36. The molecule has 33 heavy (non-hydrogen) atoms. The summed E-state index contributed by atoms with van der Waals surface area (Å²) in [4.78, 5) is 15.0. The predicted octanol–water partition coefficient (Wildman–Crippen LogP) is 6.52. The zero-order chi connectivity index (χ0) is 23.4. The van der Waals surface area contributed by atoms with Crippen molar-refractivity contribution in [3.8, 4) is 17.3 Å². The van der Waals surface area contributed by atoms with Crippen LogP contribution in [0.2, 0.25) is 5.02 Å². The zero-order valence-corrected chi connectivity index (χ0v) is 19.6. The summed E-state index contributed by atoms with van der Waals surface area (Å²) >= 11 is 6.25. The van der Waals surface area contributed by atoms with E-state index in [-0.39, 0.29) is 11.8 Å². The first-order valence-electron chi connectivity index (χ1n) is 10.8. The molecule has 0 aliphatic heterocycles. The van der Waals surface area contributed by atoms with Crippen molar-refractivity contribution >= 4 is 17.5 Å². The Bertz CT molecular complexity index is 1220. The minimum absolute atomic E-state index is 0.172. The Morgan fingerprint density at radius 3 is 2.58 bits per heavy atom. The van der Waals surface area contributed by atoms with Crippen LogP contribution in [0.1, 0.15) is 35.7 Å².